The van der Waals surface area contributed by atoms with E-state index in [1.165, 1.54) is 11.8 Å². The van der Waals surface area contributed by atoms with Crippen molar-refractivity contribution in [1.29, 1.82) is 0 Å². The number of rotatable bonds is 1. The van der Waals surface area contributed by atoms with Crippen molar-refractivity contribution in [2.45, 2.75) is 4.90 Å². The number of aromatic nitrogens is 2. The molecule has 0 saturated heterocycles. The van der Waals surface area contributed by atoms with Crippen molar-refractivity contribution in [3.8, 4) is 11.9 Å². The lowest BCUT2D eigenvalue weighted by molar-refractivity contribution is 0.389. The third kappa shape index (κ3) is 1.66. The zero-order valence-corrected chi connectivity index (χ0v) is 7.15. The summed E-state index contributed by atoms with van der Waals surface area (Å²) >= 11 is 6.76. The van der Waals surface area contributed by atoms with Gasteiger partial charge in [-0.05, 0) is 6.26 Å². The lowest BCUT2D eigenvalue weighted by atomic mass is 10.6. The van der Waals surface area contributed by atoms with Crippen molar-refractivity contribution in [3.05, 3.63) is 5.15 Å². The first-order valence-corrected chi connectivity index (χ1v) is 4.25. The molecule has 4 nitrogen and oxygen atoms in total. The molecule has 0 aliphatic heterocycles. The Morgan fingerprint density at radius 2 is 2.00 bits per heavy atom. The number of hydrogen-bond acceptors (Lipinski definition) is 5. The van der Waals surface area contributed by atoms with Crippen LogP contribution in [0.25, 0.3) is 0 Å². The fourth-order valence-electron chi connectivity index (χ4n) is 0.577. The van der Waals surface area contributed by atoms with E-state index in [9.17, 15) is 0 Å². The van der Waals surface area contributed by atoms with Crippen LogP contribution < -0.4 is 0 Å². The number of hydrogen-bond donors (Lipinski definition) is 2. The van der Waals surface area contributed by atoms with Gasteiger partial charge in [-0.25, -0.2) is 0 Å². The molecule has 0 radical (unpaired) electrons. The molecule has 0 unspecified atom stereocenters. The van der Waals surface area contributed by atoms with Crippen molar-refractivity contribution < 1.29 is 10.2 Å². The second kappa shape index (κ2) is 3.15. The van der Waals surface area contributed by atoms with Crippen molar-refractivity contribution >= 4 is 23.4 Å². The van der Waals surface area contributed by atoms with E-state index in [1.807, 2.05) is 0 Å². The van der Waals surface area contributed by atoms with Crippen LogP contribution in [-0.2, 0) is 0 Å². The Hall–Kier alpha value is -0.680. The molecule has 1 rings (SSSR count). The van der Waals surface area contributed by atoms with Crippen molar-refractivity contribution in [2.24, 2.45) is 0 Å². The van der Waals surface area contributed by atoms with E-state index in [2.05, 4.69) is 9.97 Å². The maximum Gasteiger partial charge on any atom is 0.318 e. The number of nitrogens with zero attached hydrogens (tertiary/aromatic N) is 2. The second-order valence-electron chi connectivity index (χ2n) is 1.67. The summed E-state index contributed by atoms with van der Waals surface area (Å²) in [5.41, 5.74) is 0. The molecule has 60 valence electrons. The molecule has 1 aromatic heterocycles. The monoisotopic (exact) mass is 192 g/mol. The molecule has 0 bridgehead atoms. The van der Waals surface area contributed by atoms with E-state index in [4.69, 9.17) is 21.8 Å². The van der Waals surface area contributed by atoms with Crippen LogP contribution >= 0.6 is 23.4 Å². The molecule has 6 heteroatoms. The van der Waals surface area contributed by atoms with E-state index >= 15 is 0 Å². The molecule has 0 saturated carbocycles. The minimum atomic E-state index is -0.523. The highest BCUT2D eigenvalue weighted by molar-refractivity contribution is 7.98. The molecule has 0 atom stereocenters. The summed E-state index contributed by atoms with van der Waals surface area (Å²) in [5, 5.41) is 17.9. The molecule has 0 amide bonds. The summed E-state index contributed by atoms with van der Waals surface area (Å²) in [6.45, 7) is 0. The number of halogens is 1. The van der Waals surface area contributed by atoms with Gasteiger partial charge < -0.3 is 10.2 Å². The van der Waals surface area contributed by atoms with E-state index in [-0.39, 0.29) is 11.0 Å². The van der Waals surface area contributed by atoms with Crippen LogP contribution in [0.4, 0.5) is 0 Å². The Morgan fingerprint density at radius 3 is 2.45 bits per heavy atom. The minimum Gasteiger partial charge on any atom is -0.492 e. The summed E-state index contributed by atoms with van der Waals surface area (Å²) in [4.78, 5) is 7.10. The zero-order valence-electron chi connectivity index (χ0n) is 5.58. The molecule has 2 N–H and O–H groups in total. The quantitative estimate of drug-likeness (QED) is 0.518. The van der Waals surface area contributed by atoms with Crippen LogP contribution in [0.15, 0.2) is 4.90 Å². The first-order chi connectivity index (χ1) is 5.15. The van der Waals surface area contributed by atoms with Crippen LogP contribution in [0.3, 0.4) is 0 Å². The molecule has 0 aliphatic carbocycles. The predicted molar refractivity (Wildman–Crippen MR) is 42.2 cm³/mol. The first-order valence-electron chi connectivity index (χ1n) is 2.64. The fraction of sp³-hybridized carbons (Fsp3) is 0.200. The van der Waals surface area contributed by atoms with Crippen LogP contribution in [-0.4, -0.2) is 26.4 Å². The van der Waals surface area contributed by atoms with Crippen LogP contribution in [0, 0.1) is 0 Å². The summed E-state index contributed by atoms with van der Waals surface area (Å²) in [6, 6.07) is -0.523. The highest BCUT2D eigenvalue weighted by Gasteiger charge is 2.09. The molecule has 0 spiro atoms. The van der Waals surface area contributed by atoms with Gasteiger partial charge in [-0.15, -0.1) is 11.8 Å². The number of thioether (sulfide) groups is 1. The Balaban J connectivity index is 3.25. The van der Waals surface area contributed by atoms with Gasteiger partial charge in [-0.2, -0.15) is 9.97 Å². The van der Waals surface area contributed by atoms with E-state index in [0.29, 0.717) is 4.90 Å². The SMILES string of the molecule is CSc1c(O)nc(O)nc1Cl. The smallest absolute Gasteiger partial charge is 0.318 e. The van der Waals surface area contributed by atoms with Gasteiger partial charge >= 0.3 is 6.01 Å². The molecule has 11 heavy (non-hydrogen) atoms. The van der Waals surface area contributed by atoms with Gasteiger partial charge in [0.25, 0.3) is 0 Å². The highest BCUT2D eigenvalue weighted by Crippen LogP contribution is 2.31. The molecule has 0 aliphatic rings. The minimum absolute atomic E-state index is 0.0579. The van der Waals surface area contributed by atoms with Crippen molar-refractivity contribution in [2.75, 3.05) is 6.26 Å². The van der Waals surface area contributed by atoms with Gasteiger partial charge in [0.05, 0.1) is 0 Å². The zero-order chi connectivity index (χ0) is 8.43. The van der Waals surface area contributed by atoms with Gasteiger partial charge in [0, 0.05) is 0 Å². The van der Waals surface area contributed by atoms with E-state index in [1.54, 1.807) is 6.26 Å². The third-order valence-electron chi connectivity index (χ3n) is 0.999. The molecule has 0 aromatic carbocycles. The van der Waals surface area contributed by atoms with Gasteiger partial charge in [-0.1, -0.05) is 11.6 Å². The lowest BCUT2D eigenvalue weighted by Crippen LogP contribution is -1.86. The average molecular weight is 193 g/mol. The maximum absolute atomic E-state index is 9.06. The van der Waals surface area contributed by atoms with Gasteiger partial charge in [0.15, 0.2) is 5.15 Å². The fourth-order valence-corrected chi connectivity index (χ4v) is 1.41. The van der Waals surface area contributed by atoms with Crippen molar-refractivity contribution in [1.82, 2.24) is 9.97 Å². The summed E-state index contributed by atoms with van der Waals surface area (Å²) < 4.78 is 0. The molecule has 1 aromatic rings. The van der Waals surface area contributed by atoms with Gasteiger partial charge in [0.1, 0.15) is 4.90 Å². The van der Waals surface area contributed by atoms with Crippen LogP contribution in [0.1, 0.15) is 0 Å². The van der Waals surface area contributed by atoms with Crippen molar-refractivity contribution in [3.63, 3.8) is 0 Å². The predicted octanol–water partition coefficient (Wildman–Crippen LogP) is 1.26. The molecular weight excluding hydrogens is 188 g/mol. The molecular formula is C5H5ClN2O2S. The highest BCUT2D eigenvalue weighted by atomic mass is 35.5. The third-order valence-corrected chi connectivity index (χ3v) is 2.17. The Kier molecular flexibility index (Phi) is 2.41. The van der Waals surface area contributed by atoms with Crippen LogP contribution in [0.5, 0.6) is 11.9 Å². The van der Waals surface area contributed by atoms with Gasteiger partial charge in [0.2, 0.25) is 5.88 Å². The molecule has 0 fully saturated rings. The summed E-state index contributed by atoms with van der Waals surface area (Å²) in [5.74, 6) is -0.296. The topological polar surface area (TPSA) is 66.2 Å². The largest absolute Gasteiger partial charge is 0.492 e. The Morgan fingerprint density at radius 1 is 1.36 bits per heavy atom. The molecule has 1 heterocycles. The Bertz CT molecular complexity index is 258. The second-order valence-corrected chi connectivity index (χ2v) is 2.85. The first kappa shape index (κ1) is 8.42. The summed E-state index contributed by atoms with van der Waals surface area (Å²) in [6.07, 6.45) is 1.72. The standard InChI is InChI=1S/C5H5ClN2O2S/c1-11-2-3(6)7-5(10)8-4(2)9/h1H3,(H2,7,8,9,10). The normalized spacial score (nSPS) is 10.0. The average Bonchev–Trinajstić information content (AvgIpc) is 1.85. The number of aromatic hydroxyl groups is 2. The van der Waals surface area contributed by atoms with Crippen LogP contribution in [0.2, 0.25) is 5.15 Å². The van der Waals surface area contributed by atoms with E-state index < -0.39 is 6.01 Å². The Labute approximate surface area is 72.3 Å². The van der Waals surface area contributed by atoms with Gasteiger partial charge in [-0.3, -0.25) is 0 Å². The van der Waals surface area contributed by atoms with E-state index in [0.717, 1.165) is 0 Å². The lowest BCUT2D eigenvalue weighted by Gasteiger charge is -2.00. The summed E-state index contributed by atoms with van der Waals surface area (Å²) in [7, 11) is 0. The maximum atomic E-state index is 9.06.